The summed E-state index contributed by atoms with van der Waals surface area (Å²) in [6.07, 6.45) is 0.0496. The maximum atomic E-state index is 12.2. The molecular weight excluding hydrogens is 278 g/mol. The summed E-state index contributed by atoms with van der Waals surface area (Å²) >= 11 is 1.09. The third kappa shape index (κ3) is 3.51. The van der Waals surface area contributed by atoms with Crippen molar-refractivity contribution in [2.75, 3.05) is 11.9 Å². The van der Waals surface area contributed by atoms with Crippen LogP contribution < -0.4 is 15.8 Å². The first-order valence-corrected chi connectivity index (χ1v) is 7.04. The van der Waals surface area contributed by atoms with Crippen molar-refractivity contribution in [2.45, 2.75) is 18.6 Å². The molecule has 6 nitrogen and oxygen atoms in total. The van der Waals surface area contributed by atoms with Crippen LogP contribution in [-0.4, -0.2) is 28.8 Å². The van der Waals surface area contributed by atoms with Gasteiger partial charge in [0, 0.05) is 0 Å². The molecule has 0 fully saturated rings. The molecular formula is C13H15N3O3S. The average molecular weight is 293 g/mol. The summed E-state index contributed by atoms with van der Waals surface area (Å²) in [4.78, 5) is 27.1. The van der Waals surface area contributed by atoms with Crippen molar-refractivity contribution in [1.29, 1.82) is 0 Å². The molecule has 106 valence electrons. The molecule has 2 rings (SSSR count). The van der Waals surface area contributed by atoms with Gasteiger partial charge in [0.15, 0.2) is 5.17 Å². The number of nitrogens with one attached hydrogen (secondary N) is 1. The topological polar surface area (TPSA) is 93.8 Å². The fraction of sp³-hybridized carbons (Fsp3) is 0.308. The number of amidine groups is 1. The second-order valence-corrected chi connectivity index (χ2v) is 5.30. The smallest absolute Gasteiger partial charge is 0.249 e. The van der Waals surface area contributed by atoms with Crippen LogP contribution in [0.2, 0.25) is 0 Å². The Morgan fingerprint density at radius 2 is 2.30 bits per heavy atom. The summed E-state index contributed by atoms with van der Waals surface area (Å²) in [6, 6.07) is 7.14. The van der Waals surface area contributed by atoms with Gasteiger partial charge in [0.05, 0.1) is 18.7 Å². The Balaban J connectivity index is 2.08. The van der Waals surface area contributed by atoms with Crippen LogP contribution in [0.5, 0.6) is 5.75 Å². The highest BCUT2D eigenvalue weighted by molar-refractivity contribution is 8.15. The van der Waals surface area contributed by atoms with E-state index in [2.05, 4.69) is 10.3 Å². The maximum Gasteiger partial charge on any atom is 0.249 e. The summed E-state index contributed by atoms with van der Waals surface area (Å²) < 4.78 is 5.43. The van der Waals surface area contributed by atoms with Crippen LogP contribution in [0.25, 0.3) is 0 Å². The number of aliphatic imine (C=N–C) groups is 1. The number of carbonyl (C=O) groups excluding carboxylic acids is 2. The SMILES string of the molecule is CCOc1ccccc1NC(=O)C1CC(=O)N=C(N)S1. The number of ether oxygens (including phenoxy) is 1. The number of rotatable bonds is 4. The monoisotopic (exact) mass is 293 g/mol. The summed E-state index contributed by atoms with van der Waals surface area (Å²) in [5, 5.41) is 2.32. The van der Waals surface area contributed by atoms with Gasteiger partial charge in [-0.1, -0.05) is 23.9 Å². The van der Waals surface area contributed by atoms with Crippen molar-refractivity contribution >= 4 is 34.4 Å². The highest BCUT2D eigenvalue weighted by Gasteiger charge is 2.28. The quantitative estimate of drug-likeness (QED) is 0.874. The number of anilines is 1. The lowest BCUT2D eigenvalue weighted by Crippen LogP contribution is -2.33. The summed E-state index contributed by atoms with van der Waals surface area (Å²) in [6.45, 7) is 2.37. The molecule has 1 heterocycles. The highest BCUT2D eigenvalue weighted by Crippen LogP contribution is 2.27. The maximum absolute atomic E-state index is 12.2. The van der Waals surface area contributed by atoms with E-state index >= 15 is 0 Å². The lowest BCUT2D eigenvalue weighted by atomic mass is 10.2. The molecule has 20 heavy (non-hydrogen) atoms. The molecule has 1 aromatic rings. The molecule has 0 radical (unpaired) electrons. The minimum absolute atomic E-state index is 0.0496. The largest absolute Gasteiger partial charge is 0.492 e. The molecule has 7 heteroatoms. The van der Waals surface area contributed by atoms with Gasteiger partial charge in [0.25, 0.3) is 0 Å². The van der Waals surface area contributed by atoms with E-state index < -0.39 is 5.25 Å². The predicted octanol–water partition coefficient (Wildman–Crippen LogP) is 1.37. The van der Waals surface area contributed by atoms with Crippen LogP contribution in [-0.2, 0) is 9.59 Å². The fourth-order valence-electron chi connectivity index (χ4n) is 1.75. The van der Waals surface area contributed by atoms with Crippen LogP contribution in [0.4, 0.5) is 5.69 Å². The third-order valence-corrected chi connectivity index (χ3v) is 3.59. The van der Waals surface area contributed by atoms with E-state index in [4.69, 9.17) is 10.5 Å². The van der Waals surface area contributed by atoms with Gasteiger partial charge in [-0.2, -0.15) is 4.99 Å². The number of nitrogens with zero attached hydrogens (tertiary/aromatic N) is 1. The molecule has 0 saturated carbocycles. The van der Waals surface area contributed by atoms with E-state index in [-0.39, 0.29) is 23.4 Å². The van der Waals surface area contributed by atoms with Crippen molar-refractivity contribution in [3.63, 3.8) is 0 Å². The highest BCUT2D eigenvalue weighted by atomic mass is 32.2. The Labute approximate surface area is 120 Å². The van der Waals surface area contributed by atoms with E-state index in [0.717, 1.165) is 11.8 Å². The molecule has 0 spiro atoms. The zero-order valence-corrected chi connectivity index (χ0v) is 11.8. The number of hydrogen-bond acceptors (Lipinski definition) is 5. The molecule has 1 aromatic carbocycles. The third-order valence-electron chi connectivity index (χ3n) is 2.60. The van der Waals surface area contributed by atoms with Crippen molar-refractivity contribution in [2.24, 2.45) is 10.7 Å². The van der Waals surface area contributed by atoms with Gasteiger partial charge < -0.3 is 15.8 Å². The lowest BCUT2D eigenvalue weighted by molar-refractivity contribution is -0.121. The van der Waals surface area contributed by atoms with Crippen molar-refractivity contribution in [3.05, 3.63) is 24.3 Å². The van der Waals surface area contributed by atoms with Crippen LogP contribution >= 0.6 is 11.8 Å². The van der Waals surface area contributed by atoms with Gasteiger partial charge in [0.1, 0.15) is 11.0 Å². The molecule has 1 atom stereocenters. The first-order chi connectivity index (χ1) is 9.60. The second-order valence-electron chi connectivity index (χ2n) is 4.07. The van der Waals surface area contributed by atoms with Gasteiger partial charge in [-0.3, -0.25) is 9.59 Å². The Morgan fingerprint density at radius 1 is 1.55 bits per heavy atom. The van der Waals surface area contributed by atoms with E-state index in [1.165, 1.54) is 0 Å². The molecule has 1 unspecified atom stereocenters. The Morgan fingerprint density at radius 3 is 3.00 bits per heavy atom. The minimum atomic E-state index is -0.560. The number of benzene rings is 1. The van der Waals surface area contributed by atoms with E-state index in [1.54, 1.807) is 18.2 Å². The standard InChI is InChI=1S/C13H15N3O3S/c1-2-19-9-6-4-3-5-8(9)15-12(18)10-7-11(17)16-13(14)20-10/h3-6,10H,2,7H2,1H3,(H,15,18)(H2,14,16,17). The summed E-state index contributed by atoms with van der Waals surface area (Å²) in [5.41, 5.74) is 6.09. The van der Waals surface area contributed by atoms with Gasteiger partial charge in [-0.05, 0) is 19.1 Å². The zero-order chi connectivity index (χ0) is 14.5. The minimum Gasteiger partial charge on any atom is -0.492 e. The Kier molecular flexibility index (Phi) is 4.62. The van der Waals surface area contributed by atoms with Gasteiger partial charge in [0.2, 0.25) is 11.8 Å². The van der Waals surface area contributed by atoms with Gasteiger partial charge in [-0.15, -0.1) is 0 Å². The number of hydrogen-bond donors (Lipinski definition) is 2. The van der Waals surface area contributed by atoms with E-state index in [9.17, 15) is 9.59 Å². The van der Waals surface area contributed by atoms with Gasteiger partial charge in [-0.25, -0.2) is 0 Å². The lowest BCUT2D eigenvalue weighted by Gasteiger charge is -2.18. The summed E-state index contributed by atoms with van der Waals surface area (Å²) in [5.74, 6) is -0.0648. The number of amides is 2. The number of nitrogens with two attached hydrogens (primary N) is 1. The van der Waals surface area contributed by atoms with E-state index in [0.29, 0.717) is 18.0 Å². The molecule has 0 aliphatic carbocycles. The Hall–Kier alpha value is -2.02. The molecule has 3 N–H and O–H groups in total. The molecule has 0 bridgehead atoms. The average Bonchev–Trinajstić information content (AvgIpc) is 2.40. The molecule has 0 saturated heterocycles. The van der Waals surface area contributed by atoms with E-state index in [1.807, 2.05) is 13.0 Å². The first-order valence-electron chi connectivity index (χ1n) is 6.16. The van der Waals surface area contributed by atoms with Crippen molar-refractivity contribution in [3.8, 4) is 5.75 Å². The fourth-order valence-corrected chi connectivity index (χ4v) is 2.59. The van der Waals surface area contributed by atoms with Crippen LogP contribution in [0, 0.1) is 0 Å². The number of thioether (sulfide) groups is 1. The van der Waals surface area contributed by atoms with Crippen LogP contribution in [0.1, 0.15) is 13.3 Å². The van der Waals surface area contributed by atoms with Crippen molar-refractivity contribution < 1.29 is 14.3 Å². The normalized spacial score (nSPS) is 18.4. The molecule has 0 aromatic heterocycles. The van der Waals surface area contributed by atoms with Crippen LogP contribution in [0.15, 0.2) is 29.3 Å². The predicted molar refractivity (Wildman–Crippen MR) is 78.9 cm³/mol. The molecule has 1 aliphatic heterocycles. The summed E-state index contributed by atoms with van der Waals surface area (Å²) in [7, 11) is 0. The van der Waals surface area contributed by atoms with Gasteiger partial charge >= 0.3 is 0 Å². The Bertz CT molecular complexity index is 560. The molecule has 1 aliphatic rings. The first kappa shape index (κ1) is 14.4. The number of para-hydroxylation sites is 2. The second kappa shape index (κ2) is 6.42. The van der Waals surface area contributed by atoms with Crippen LogP contribution in [0.3, 0.4) is 0 Å². The number of carbonyl (C=O) groups is 2. The zero-order valence-electron chi connectivity index (χ0n) is 11.0. The molecule has 2 amide bonds. The van der Waals surface area contributed by atoms with Crippen molar-refractivity contribution in [1.82, 2.24) is 0 Å².